The van der Waals surface area contributed by atoms with Crippen LogP contribution in [0.4, 0.5) is 5.69 Å². The van der Waals surface area contributed by atoms with Gasteiger partial charge in [-0.05, 0) is 62.2 Å². The number of ether oxygens (including phenoxy) is 1. The van der Waals surface area contributed by atoms with Gasteiger partial charge in [0.25, 0.3) is 0 Å². The van der Waals surface area contributed by atoms with Crippen molar-refractivity contribution in [3.63, 3.8) is 0 Å². The van der Waals surface area contributed by atoms with Gasteiger partial charge in [-0.25, -0.2) is 0 Å². The van der Waals surface area contributed by atoms with Crippen molar-refractivity contribution in [1.29, 1.82) is 0 Å². The molecule has 2 aromatic rings. The minimum atomic E-state index is -0.0267. The van der Waals surface area contributed by atoms with E-state index in [0.29, 0.717) is 11.3 Å². The largest absolute Gasteiger partial charge is 0.497 e. The number of anilines is 1. The van der Waals surface area contributed by atoms with Crippen molar-refractivity contribution in [1.82, 2.24) is 0 Å². The lowest BCUT2D eigenvalue weighted by molar-refractivity contribution is 0.104. The first-order chi connectivity index (χ1) is 11.6. The molecule has 0 atom stereocenters. The molecule has 0 radical (unpaired) electrons. The number of rotatable bonds is 7. The normalized spacial score (nSPS) is 10.8. The van der Waals surface area contributed by atoms with Crippen molar-refractivity contribution in [3.05, 3.63) is 65.2 Å². The molecule has 2 rings (SSSR count). The third kappa shape index (κ3) is 4.25. The van der Waals surface area contributed by atoms with Crippen LogP contribution in [-0.2, 0) is 0 Å². The number of benzene rings is 2. The monoisotopic (exact) mass is 323 g/mol. The molecule has 0 aromatic heterocycles. The summed E-state index contributed by atoms with van der Waals surface area (Å²) < 4.78 is 5.16. The average Bonchev–Trinajstić information content (AvgIpc) is 2.61. The Morgan fingerprint density at radius 3 is 2.50 bits per heavy atom. The second-order valence-electron chi connectivity index (χ2n) is 5.64. The average molecular weight is 323 g/mol. The van der Waals surface area contributed by atoms with E-state index < -0.39 is 0 Å². The van der Waals surface area contributed by atoms with Crippen LogP contribution in [0.2, 0.25) is 0 Å². The first-order valence-corrected chi connectivity index (χ1v) is 8.31. The Balaban J connectivity index is 2.17. The van der Waals surface area contributed by atoms with Gasteiger partial charge >= 0.3 is 0 Å². The van der Waals surface area contributed by atoms with Crippen LogP contribution in [0.15, 0.2) is 48.5 Å². The van der Waals surface area contributed by atoms with E-state index in [9.17, 15) is 4.79 Å². The number of methoxy groups -OCH3 is 1. The van der Waals surface area contributed by atoms with Crippen LogP contribution in [0.1, 0.15) is 35.3 Å². The summed E-state index contributed by atoms with van der Waals surface area (Å²) in [7, 11) is 1.60. The van der Waals surface area contributed by atoms with Crippen LogP contribution in [0.5, 0.6) is 5.75 Å². The first-order valence-electron chi connectivity index (χ1n) is 8.31. The van der Waals surface area contributed by atoms with E-state index in [1.54, 1.807) is 25.3 Å². The van der Waals surface area contributed by atoms with Gasteiger partial charge in [0, 0.05) is 24.3 Å². The van der Waals surface area contributed by atoms with E-state index in [1.807, 2.05) is 18.2 Å². The van der Waals surface area contributed by atoms with Crippen molar-refractivity contribution >= 4 is 17.5 Å². The molecule has 0 N–H and O–H groups in total. The van der Waals surface area contributed by atoms with Gasteiger partial charge in [-0.3, -0.25) is 4.79 Å². The van der Waals surface area contributed by atoms with E-state index in [1.165, 1.54) is 5.69 Å². The Hall–Kier alpha value is -2.55. The van der Waals surface area contributed by atoms with E-state index in [4.69, 9.17) is 4.74 Å². The molecule has 2 aromatic carbocycles. The maximum Gasteiger partial charge on any atom is 0.185 e. The zero-order chi connectivity index (χ0) is 17.5. The lowest BCUT2D eigenvalue weighted by atomic mass is 10.0. The first kappa shape index (κ1) is 17.8. The van der Waals surface area contributed by atoms with Crippen LogP contribution < -0.4 is 9.64 Å². The second kappa shape index (κ2) is 8.34. The molecule has 0 aliphatic carbocycles. The molecule has 0 unspecified atom stereocenters. The number of ketones is 1. The van der Waals surface area contributed by atoms with Crippen molar-refractivity contribution in [2.75, 3.05) is 25.1 Å². The minimum Gasteiger partial charge on any atom is -0.497 e. The van der Waals surface area contributed by atoms with Crippen LogP contribution in [0.25, 0.3) is 6.08 Å². The Labute approximate surface area is 144 Å². The van der Waals surface area contributed by atoms with Crippen LogP contribution >= 0.6 is 0 Å². The van der Waals surface area contributed by atoms with Crippen molar-refractivity contribution < 1.29 is 9.53 Å². The predicted octanol–water partition coefficient (Wildman–Crippen LogP) is 4.75. The standard InChI is InChI=1S/C21H25NO2/c1-5-22(6-2)19-12-10-17(16(3)14-19)11-13-21(23)18-8-7-9-20(15-18)24-4/h7-15H,5-6H2,1-4H3. The third-order valence-electron chi connectivity index (χ3n) is 4.15. The summed E-state index contributed by atoms with van der Waals surface area (Å²) in [5.74, 6) is 0.662. The Kier molecular flexibility index (Phi) is 6.19. The molecule has 24 heavy (non-hydrogen) atoms. The van der Waals surface area contributed by atoms with Crippen molar-refractivity contribution in [2.45, 2.75) is 20.8 Å². The molecule has 0 bridgehead atoms. The maximum atomic E-state index is 12.3. The number of nitrogens with zero attached hydrogens (tertiary/aromatic N) is 1. The summed E-state index contributed by atoms with van der Waals surface area (Å²) in [5.41, 5.74) is 4.06. The number of carbonyl (C=O) groups excluding carboxylic acids is 1. The lowest BCUT2D eigenvalue weighted by Crippen LogP contribution is -2.21. The SMILES string of the molecule is CCN(CC)c1ccc(C=CC(=O)c2cccc(OC)c2)c(C)c1. The molecule has 0 amide bonds. The Morgan fingerprint density at radius 1 is 1.12 bits per heavy atom. The fourth-order valence-corrected chi connectivity index (χ4v) is 2.67. The van der Waals surface area contributed by atoms with Crippen LogP contribution in [0, 0.1) is 6.92 Å². The number of hydrogen-bond acceptors (Lipinski definition) is 3. The zero-order valence-electron chi connectivity index (χ0n) is 14.9. The lowest BCUT2D eigenvalue weighted by Gasteiger charge is -2.21. The number of hydrogen-bond donors (Lipinski definition) is 0. The highest BCUT2D eigenvalue weighted by Gasteiger charge is 2.05. The number of aryl methyl sites for hydroxylation is 1. The smallest absolute Gasteiger partial charge is 0.185 e. The van der Waals surface area contributed by atoms with E-state index in [-0.39, 0.29) is 5.78 Å². The van der Waals surface area contributed by atoms with Crippen molar-refractivity contribution in [3.8, 4) is 5.75 Å². The highest BCUT2D eigenvalue weighted by molar-refractivity contribution is 6.07. The molecule has 0 aliphatic heterocycles. The summed E-state index contributed by atoms with van der Waals surface area (Å²) in [6.07, 6.45) is 3.50. The fraction of sp³-hybridized carbons (Fsp3) is 0.286. The van der Waals surface area contributed by atoms with E-state index >= 15 is 0 Å². The van der Waals surface area contributed by atoms with Crippen LogP contribution in [0.3, 0.4) is 0 Å². The zero-order valence-corrected chi connectivity index (χ0v) is 14.9. The minimum absolute atomic E-state index is 0.0267. The predicted molar refractivity (Wildman–Crippen MR) is 101 cm³/mol. The van der Waals surface area contributed by atoms with Gasteiger partial charge in [-0.15, -0.1) is 0 Å². The quantitative estimate of drug-likeness (QED) is 0.544. The molecular weight excluding hydrogens is 298 g/mol. The molecular formula is C21H25NO2. The molecule has 3 heteroatoms. The van der Waals surface area contributed by atoms with Gasteiger partial charge < -0.3 is 9.64 Å². The molecule has 0 heterocycles. The van der Waals surface area contributed by atoms with Gasteiger partial charge in [0.15, 0.2) is 5.78 Å². The Morgan fingerprint density at radius 2 is 1.88 bits per heavy atom. The topological polar surface area (TPSA) is 29.5 Å². The summed E-state index contributed by atoms with van der Waals surface area (Å²) in [6.45, 7) is 8.35. The molecule has 3 nitrogen and oxygen atoms in total. The molecule has 126 valence electrons. The molecule has 0 saturated carbocycles. The second-order valence-corrected chi connectivity index (χ2v) is 5.64. The summed E-state index contributed by atoms with van der Waals surface area (Å²) in [5, 5.41) is 0. The van der Waals surface area contributed by atoms with Gasteiger partial charge in [0.2, 0.25) is 0 Å². The van der Waals surface area contributed by atoms with Gasteiger partial charge in [-0.2, -0.15) is 0 Å². The van der Waals surface area contributed by atoms with Gasteiger partial charge in [0.1, 0.15) is 5.75 Å². The summed E-state index contributed by atoms with van der Waals surface area (Å²) in [6, 6.07) is 13.5. The number of carbonyl (C=O) groups is 1. The van der Waals surface area contributed by atoms with Crippen molar-refractivity contribution in [2.24, 2.45) is 0 Å². The van der Waals surface area contributed by atoms with Gasteiger partial charge in [0.05, 0.1) is 7.11 Å². The molecule has 0 fully saturated rings. The summed E-state index contributed by atoms with van der Waals surface area (Å²) in [4.78, 5) is 14.6. The number of allylic oxidation sites excluding steroid dienone is 1. The highest BCUT2D eigenvalue weighted by Crippen LogP contribution is 2.20. The Bertz CT molecular complexity index is 730. The molecule has 0 spiro atoms. The van der Waals surface area contributed by atoms with E-state index in [0.717, 1.165) is 24.2 Å². The van der Waals surface area contributed by atoms with Gasteiger partial charge in [-0.1, -0.05) is 24.3 Å². The molecule has 0 saturated heterocycles. The fourth-order valence-electron chi connectivity index (χ4n) is 2.67. The third-order valence-corrected chi connectivity index (χ3v) is 4.15. The summed E-state index contributed by atoms with van der Waals surface area (Å²) >= 11 is 0. The van der Waals surface area contributed by atoms with E-state index in [2.05, 4.69) is 43.9 Å². The maximum absolute atomic E-state index is 12.3. The van der Waals surface area contributed by atoms with Crippen LogP contribution in [-0.4, -0.2) is 26.0 Å². The highest BCUT2D eigenvalue weighted by atomic mass is 16.5. The molecule has 0 aliphatic rings.